The molecule has 2 aliphatic heterocycles. The van der Waals surface area contributed by atoms with Gasteiger partial charge in [-0.25, -0.2) is 13.8 Å². The number of halogens is 2. The summed E-state index contributed by atoms with van der Waals surface area (Å²) < 4.78 is 27.8. The van der Waals surface area contributed by atoms with Crippen LogP contribution in [0.5, 0.6) is 0 Å². The SMILES string of the molecule is CC.CC.CSC1=Cn2c(-c3nnc(C(F)F)s3)cnc2C(N2CC3(CC(O)C3)C2)=CC1. The first-order chi connectivity index (χ1) is 15.5. The van der Waals surface area contributed by atoms with Gasteiger partial charge in [-0.1, -0.05) is 45.1 Å². The standard InChI is InChI=1S/C18H19F2N5OS2.2C2H6/c1-27-11-2-3-12(24-8-18(9-24)4-10(26)5-18)15-21-6-13(25(15)7-11)16-22-23-17(28-16)14(19)20;2*1-2/h3,6-7,10,14,26H,2,4-5,8-9H2,1H3;2*1-2H3. The molecule has 10 heteroatoms. The Bertz CT molecular complexity index is 971. The Kier molecular flexibility index (Phi) is 8.11. The number of likely N-dealkylation sites (tertiary alicyclic amines) is 1. The zero-order valence-corrected chi connectivity index (χ0v) is 20.8. The van der Waals surface area contributed by atoms with Crippen molar-refractivity contribution in [1.82, 2.24) is 24.6 Å². The van der Waals surface area contributed by atoms with Gasteiger partial charge in [-0.2, -0.15) is 0 Å². The van der Waals surface area contributed by atoms with Crippen LogP contribution in [0.3, 0.4) is 0 Å². The molecule has 1 saturated heterocycles. The first kappa shape index (κ1) is 24.9. The summed E-state index contributed by atoms with van der Waals surface area (Å²) in [7, 11) is 0. The van der Waals surface area contributed by atoms with Gasteiger partial charge >= 0.3 is 0 Å². The number of thioether (sulfide) groups is 1. The van der Waals surface area contributed by atoms with Gasteiger partial charge in [0, 0.05) is 36.0 Å². The lowest BCUT2D eigenvalue weighted by atomic mass is 9.61. The Labute approximate surface area is 196 Å². The van der Waals surface area contributed by atoms with Gasteiger partial charge in [-0.15, -0.1) is 22.0 Å². The highest BCUT2D eigenvalue weighted by Crippen LogP contribution is 2.51. The second kappa shape index (κ2) is 10.4. The van der Waals surface area contributed by atoms with Gasteiger partial charge in [0.25, 0.3) is 6.43 Å². The lowest BCUT2D eigenvalue weighted by Crippen LogP contribution is -2.62. The van der Waals surface area contributed by atoms with E-state index in [1.807, 2.05) is 44.7 Å². The number of aliphatic hydroxyl groups excluding tert-OH is 1. The van der Waals surface area contributed by atoms with Gasteiger partial charge in [0.1, 0.15) is 5.69 Å². The average Bonchev–Trinajstić information content (AvgIpc) is 3.36. The molecule has 1 N–H and O–H groups in total. The minimum absolute atomic E-state index is 0.162. The highest BCUT2D eigenvalue weighted by molar-refractivity contribution is 8.02. The van der Waals surface area contributed by atoms with Crippen LogP contribution in [0.1, 0.15) is 64.2 Å². The molecule has 0 unspecified atom stereocenters. The Morgan fingerprint density at radius 2 is 1.88 bits per heavy atom. The topological polar surface area (TPSA) is 67.1 Å². The Morgan fingerprint density at radius 1 is 1.19 bits per heavy atom. The van der Waals surface area contributed by atoms with E-state index >= 15 is 0 Å². The average molecular weight is 484 g/mol. The number of hydrogen-bond donors (Lipinski definition) is 1. The predicted molar refractivity (Wildman–Crippen MR) is 128 cm³/mol. The van der Waals surface area contributed by atoms with Crippen molar-refractivity contribution in [2.75, 3.05) is 19.3 Å². The summed E-state index contributed by atoms with van der Waals surface area (Å²) in [6.45, 7) is 9.84. The molecule has 0 amide bonds. The van der Waals surface area contributed by atoms with Gasteiger partial charge in [0.05, 0.1) is 18.0 Å². The zero-order valence-electron chi connectivity index (χ0n) is 19.2. The number of imidazole rings is 1. The number of nitrogens with zero attached hydrogens (tertiary/aromatic N) is 5. The van der Waals surface area contributed by atoms with Crippen molar-refractivity contribution in [2.24, 2.45) is 5.41 Å². The number of alkyl halides is 2. The first-order valence-corrected chi connectivity index (χ1v) is 13.1. The third-order valence-corrected chi connectivity index (χ3v) is 7.38. The maximum Gasteiger partial charge on any atom is 0.291 e. The summed E-state index contributed by atoms with van der Waals surface area (Å²) >= 11 is 2.56. The largest absolute Gasteiger partial charge is 0.393 e. The van der Waals surface area contributed by atoms with E-state index in [2.05, 4.69) is 26.2 Å². The molecule has 0 radical (unpaired) electrons. The van der Waals surface area contributed by atoms with E-state index in [1.165, 1.54) is 0 Å². The van der Waals surface area contributed by atoms with Gasteiger partial charge < -0.3 is 10.0 Å². The fourth-order valence-electron chi connectivity index (χ4n) is 4.29. The van der Waals surface area contributed by atoms with E-state index in [9.17, 15) is 13.9 Å². The minimum Gasteiger partial charge on any atom is -0.393 e. The second-order valence-electron chi connectivity index (χ2n) is 7.59. The smallest absolute Gasteiger partial charge is 0.291 e. The first-order valence-electron chi connectivity index (χ1n) is 11.1. The van der Waals surface area contributed by atoms with Crippen LogP contribution in [0.25, 0.3) is 22.6 Å². The molecule has 0 atom stereocenters. The van der Waals surface area contributed by atoms with E-state index in [4.69, 9.17) is 0 Å². The summed E-state index contributed by atoms with van der Waals surface area (Å²) in [5, 5.41) is 17.4. The van der Waals surface area contributed by atoms with Crippen LogP contribution in [-0.2, 0) is 0 Å². The van der Waals surface area contributed by atoms with Gasteiger partial charge in [0.2, 0.25) is 0 Å². The molecule has 1 spiro atoms. The maximum atomic E-state index is 12.9. The van der Waals surface area contributed by atoms with Gasteiger partial charge in [-0.3, -0.25) is 4.57 Å². The second-order valence-corrected chi connectivity index (χ2v) is 9.54. The predicted octanol–water partition coefficient (Wildman–Crippen LogP) is 5.75. The lowest BCUT2D eigenvalue weighted by molar-refractivity contribution is -0.107. The van der Waals surface area contributed by atoms with Crippen LogP contribution in [0, 0.1) is 5.41 Å². The zero-order chi connectivity index (χ0) is 23.5. The molecular formula is C22H31F2N5OS2. The molecule has 6 nitrogen and oxygen atoms in total. The Morgan fingerprint density at radius 3 is 2.44 bits per heavy atom. The van der Waals surface area contributed by atoms with Crippen LogP contribution in [0.15, 0.2) is 17.2 Å². The molecule has 5 rings (SSSR count). The van der Waals surface area contributed by atoms with Crippen LogP contribution in [0.2, 0.25) is 0 Å². The van der Waals surface area contributed by atoms with Crippen molar-refractivity contribution in [3.8, 4) is 10.7 Å². The number of allylic oxidation sites excluding steroid dienone is 2. The molecule has 32 heavy (non-hydrogen) atoms. The molecular weight excluding hydrogens is 452 g/mol. The molecule has 0 bridgehead atoms. The Hall–Kier alpha value is -1.78. The number of rotatable bonds is 4. The monoisotopic (exact) mass is 483 g/mol. The fraction of sp³-hybridized carbons (Fsp3) is 0.591. The van der Waals surface area contributed by atoms with E-state index in [-0.39, 0.29) is 16.5 Å². The quantitative estimate of drug-likeness (QED) is 0.597. The molecule has 0 aromatic carbocycles. The van der Waals surface area contributed by atoms with Crippen LogP contribution < -0.4 is 0 Å². The van der Waals surface area contributed by atoms with Gasteiger partial charge in [0.15, 0.2) is 15.8 Å². The van der Waals surface area contributed by atoms with Crippen LogP contribution >= 0.6 is 23.1 Å². The highest BCUT2D eigenvalue weighted by Gasteiger charge is 2.52. The molecule has 1 saturated carbocycles. The summed E-state index contributed by atoms with van der Waals surface area (Å²) in [4.78, 5) is 8.07. The summed E-state index contributed by atoms with van der Waals surface area (Å²) in [5.74, 6) is 0.794. The summed E-state index contributed by atoms with van der Waals surface area (Å²) in [6.07, 6.45) is 7.64. The molecule has 2 fully saturated rings. The van der Waals surface area contributed by atoms with Crippen molar-refractivity contribution in [3.63, 3.8) is 0 Å². The number of aromatic nitrogens is 4. The molecule has 4 heterocycles. The van der Waals surface area contributed by atoms with E-state index in [0.29, 0.717) is 10.7 Å². The summed E-state index contributed by atoms with van der Waals surface area (Å²) in [5.41, 5.74) is 1.97. The van der Waals surface area contributed by atoms with Crippen molar-refractivity contribution in [3.05, 3.63) is 28.0 Å². The minimum atomic E-state index is -2.62. The Balaban J connectivity index is 0.000000686. The normalized spacial score (nSPS) is 18.8. The van der Waals surface area contributed by atoms with E-state index in [0.717, 1.165) is 60.1 Å². The summed E-state index contributed by atoms with van der Waals surface area (Å²) in [6, 6.07) is 0. The molecule has 176 valence electrons. The third kappa shape index (κ3) is 4.63. The number of hydrogen-bond acceptors (Lipinski definition) is 7. The molecule has 3 aliphatic rings. The van der Waals surface area contributed by atoms with Crippen molar-refractivity contribution in [2.45, 2.75) is 59.5 Å². The maximum absolute atomic E-state index is 12.9. The molecule has 2 aromatic rings. The lowest BCUT2D eigenvalue weighted by Gasteiger charge is -2.59. The highest BCUT2D eigenvalue weighted by atomic mass is 32.2. The van der Waals surface area contributed by atoms with Crippen molar-refractivity contribution in [1.29, 1.82) is 0 Å². The van der Waals surface area contributed by atoms with E-state index in [1.54, 1.807) is 18.0 Å². The third-order valence-electron chi connectivity index (χ3n) is 5.63. The van der Waals surface area contributed by atoms with E-state index < -0.39 is 6.43 Å². The van der Waals surface area contributed by atoms with Gasteiger partial charge in [-0.05, 0) is 19.1 Å². The van der Waals surface area contributed by atoms with Crippen molar-refractivity contribution < 1.29 is 13.9 Å². The number of fused-ring (bicyclic) bond motifs is 1. The number of aliphatic hydroxyl groups is 1. The fourth-order valence-corrected chi connectivity index (χ4v) is 5.46. The van der Waals surface area contributed by atoms with Crippen LogP contribution in [-0.4, -0.2) is 55.2 Å². The van der Waals surface area contributed by atoms with Crippen molar-refractivity contribution >= 4 is 35.0 Å². The van der Waals surface area contributed by atoms with Crippen LogP contribution in [0.4, 0.5) is 8.78 Å². The molecule has 2 aromatic heterocycles. The molecule has 1 aliphatic carbocycles.